The summed E-state index contributed by atoms with van der Waals surface area (Å²) in [5, 5.41) is 3.37. The average Bonchev–Trinajstić information content (AvgIpc) is 3.05. The van der Waals surface area contributed by atoms with Crippen LogP contribution in [0.25, 0.3) is 0 Å². The molecular formula is C35H38ClN3O5S. The molecule has 4 aromatic rings. The summed E-state index contributed by atoms with van der Waals surface area (Å²) in [7, 11) is -4.19. The third-order valence-electron chi connectivity index (χ3n) is 7.23. The lowest BCUT2D eigenvalue weighted by atomic mass is 10.1. The molecule has 8 nitrogen and oxygen atoms in total. The molecule has 0 aliphatic rings. The number of nitrogens with zero attached hydrogens (tertiary/aromatic N) is 2. The summed E-state index contributed by atoms with van der Waals surface area (Å²) in [6.07, 6.45) is 2.03. The fourth-order valence-electron chi connectivity index (χ4n) is 4.79. The zero-order valence-electron chi connectivity index (χ0n) is 25.4. The molecule has 0 aliphatic heterocycles. The molecule has 0 saturated carbocycles. The van der Waals surface area contributed by atoms with Gasteiger partial charge in [-0.2, -0.15) is 0 Å². The minimum Gasteiger partial charge on any atom is -0.457 e. The summed E-state index contributed by atoms with van der Waals surface area (Å²) < 4.78 is 35.1. The number of benzene rings is 4. The van der Waals surface area contributed by atoms with E-state index >= 15 is 0 Å². The molecule has 0 fully saturated rings. The Balaban J connectivity index is 1.70. The van der Waals surface area contributed by atoms with Gasteiger partial charge in [0.1, 0.15) is 24.1 Å². The fourth-order valence-corrected chi connectivity index (χ4v) is 6.42. The highest BCUT2D eigenvalue weighted by molar-refractivity contribution is 7.92. The Kier molecular flexibility index (Phi) is 12.0. The Bertz CT molecular complexity index is 1650. The molecule has 236 valence electrons. The summed E-state index contributed by atoms with van der Waals surface area (Å²) in [6, 6.07) is 29.9. The van der Waals surface area contributed by atoms with Crippen LogP contribution in [0.3, 0.4) is 0 Å². The van der Waals surface area contributed by atoms with Gasteiger partial charge in [0.05, 0.1) is 10.6 Å². The number of sulfonamides is 1. The zero-order valence-corrected chi connectivity index (χ0v) is 27.0. The van der Waals surface area contributed by atoms with Gasteiger partial charge < -0.3 is 15.0 Å². The van der Waals surface area contributed by atoms with Crippen molar-refractivity contribution in [1.29, 1.82) is 0 Å². The molecule has 1 N–H and O–H groups in total. The first kappa shape index (κ1) is 33.6. The second kappa shape index (κ2) is 16.1. The number of carbonyl (C=O) groups is 2. The standard InChI is InChI=1S/C35H38ClN3O5S/c1-3-5-24-37-35(41)33(4-2)38(25-27-14-12-13-19-32(27)36)34(40)26-39(45(42,43)31-17-10-7-11-18-31)28-20-22-30(23-21-28)44-29-15-8-6-9-16-29/h6-23,33H,3-5,24-26H2,1-2H3,(H,37,41). The quantitative estimate of drug-likeness (QED) is 0.140. The van der Waals surface area contributed by atoms with Crippen LogP contribution in [-0.2, 0) is 26.2 Å². The van der Waals surface area contributed by atoms with Gasteiger partial charge in [-0.05, 0) is 73.0 Å². The highest BCUT2D eigenvalue weighted by atomic mass is 35.5. The van der Waals surface area contributed by atoms with Crippen LogP contribution in [0.2, 0.25) is 5.02 Å². The molecule has 1 atom stereocenters. The maximum atomic E-state index is 14.2. The minimum atomic E-state index is -4.19. The first-order valence-corrected chi connectivity index (χ1v) is 16.8. The van der Waals surface area contributed by atoms with Crippen LogP contribution >= 0.6 is 11.6 Å². The van der Waals surface area contributed by atoms with Crippen molar-refractivity contribution in [2.75, 3.05) is 17.4 Å². The average molecular weight is 648 g/mol. The van der Waals surface area contributed by atoms with Crippen LogP contribution in [0.5, 0.6) is 11.5 Å². The first-order chi connectivity index (χ1) is 21.7. The van der Waals surface area contributed by atoms with E-state index < -0.39 is 28.5 Å². The van der Waals surface area contributed by atoms with Crippen molar-refractivity contribution in [1.82, 2.24) is 10.2 Å². The number of para-hydroxylation sites is 1. The summed E-state index contributed by atoms with van der Waals surface area (Å²) in [5.41, 5.74) is 0.915. The van der Waals surface area contributed by atoms with Gasteiger partial charge in [0.25, 0.3) is 10.0 Å². The summed E-state index contributed by atoms with van der Waals surface area (Å²) >= 11 is 6.47. The third kappa shape index (κ3) is 8.86. The topological polar surface area (TPSA) is 96.0 Å². The smallest absolute Gasteiger partial charge is 0.264 e. The molecule has 4 aromatic carbocycles. The van der Waals surface area contributed by atoms with Crippen molar-refractivity contribution in [3.05, 3.63) is 120 Å². The van der Waals surface area contributed by atoms with Gasteiger partial charge >= 0.3 is 0 Å². The van der Waals surface area contributed by atoms with E-state index in [9.17, 15) is 18.0 Å². The van der Waals surface area contributed by atoms with E-state index in [1.807, 2.05) is 44.2 Å². The van der Waals surface area contributed by atoms with Crippen molar-refractivity contribution in [2.45, 2.75) is 50.6 Å². The molecule has 0 aliphatic carbocycles. The number of nitrogens with one attached hydrogen (secondary N) is 1. The van der Waals surface area contributed by atoms with Gasteiger partial charge in [0.15, 0.2) is 0 Å². The molecule has 45 heavy (non-hydrogen) atoms. The largest absolute Gasteiger partial charge is 0.457 e. The van der Waals surface area contributed by atoms with Gasteiger partial charge in [-0.1, -0.05) is 86.5 Å². The lowest BCUT2D eigenvalue weighted by Gasteiger charge is -2.33. The van der Waals surface area contributed by atoms with Gasteiger partial charge in [-0.15, -0.1) is 0 Å². The zero-order chi connectivity index (χ0) is 32.2. The van der Waals surface area contributed by atoms with Crippen LogP contribution in [0.1, 0.15) is 38.7 Å². The lowest BCUT2D eigenvalue weighted by Crippen LogP contribution is -2.52. The molecule has 0 bridgehead atoms. The monoisotopic (exact) mass is 647 g/mol. The van der Waals surface area contributed by atoms with Crippen molar-refractivity contribution in [2.24, 2.45) is 0 Å². The van der Waals surface area contributed by atoms with E-state index in [4.69, 9.17) is 16.3 Å². The fraction of sp³-hybridized carbons (Fsp3) is 0.257. The van der Waals surface area contributed by atoms with E-state index in [0.717, 1.165) is 17.1 Å². The number of unbranched alkanes of at least 4 members (excludes halogenated alkanes) is 1. The molecular weight excluding hydrogens is 610 g/mol. The SMILES string of the molecule is CCCCNC(=O)C(CC)N(Cc1ccccc1Cl)C(=O)CN(c1ccc(Oc2ccccc2)cc1)S(=O)(=O)c1ccccc1. The molecule has 4 rings (SSSR count). The molecule has 0 saturated heterocycles. The second-order valence-electron chi connectivity index (χ2n) is 10.4. The Labute approximate surface area is 270 Å². The van der Waals surface area contributed by atoms with E-state index in [0.29, 0.717) is 35.1 Å². The van der Waals surface area contributed by atoms with Crippen molar-refractivity contribution in [3.8, 4) is 11.5 Å². The highest BCUT2D eigenvalue weighted by Crippen LogP contribution is 2.29. The summed E-state index contributed by atoms with van der Waals surface area (Å²) in [4.78, 5) is 29.0. The number of amides is 2. The van der Waals surface area contributed by atoms with Crippen LogP contribution in [0.4, 0.5) is 5.69 Å². The predicted molar refractivity (Wildman–Crippen MR) is 178 cm³/mol. The van der Waals surface area contributed by atoms with E-state index in [2.05, 4.69) is 5.32 Å². The molecule has 10 heteroatoms. The lowest BCUT2D eigenvalue weighted by molar-refractivity contribution is -0.140. The number of carbonyl (C=O) groups excluding carboxylic acids is 2. The normalized spacial score (nSPS) is 11.8. The molecule has 0 aromatic heterocycles. The highest BCUT2D eigenvalue weighted by Gasteiger charge is 2.34. The van der Waals surface area contributed by atoms with Gasteiger partial charge in [0, 0.05) is 18.1 Å². The number of anilines is 1. The van der Waals surface area contributed by atoms with Gasteiger partial charge in [0.2, 0.25) is 11.8 Å². The van der Waals surface area contributed by atoms with Crippen LogP contribution in [0.15, 0.2) is 114 Å². The van der Waals surface area contributed by atoms with E-state index in [-0.39, 0.29) is 23.0 Å². The Morgan fingerprint density at radius 3 is 2.04 bits per heavy atom. The maximum absolute atomic E-state index is 14.2. The van der Waals surface area contributed by atoms with Crippen molar-refractivity contribution < 1.29 is 22.7 Å². The molecule has 0 radical (unpaired) electrons. The Morgan fingerprint density at radius 1 is 0.822 bits per heavy atom. The van der Waals surface area contributed by atoms with Crippen molar-refractivity contribution >= 4 is 39.1 Å². The Morgan fingerprint density at radius 2 is 1.42 bits per heavy atom. The Hall–Kier alpha value is -4.34. The van der Waals surface area contributed by atoms with Gasteiger partial charge in [-0.3, -0.25) is 13.9 Å². The third-order valence-corrected chi connectivity index (χ3v) is 9.38. The molecule has 0 heterocycles. The molecule has 0 spiro atoms. The first-order valence-electron chi connectivity index (χ1n) is 15.0. The van der Waals surface area contributed by atoms with Gasteiger partial charge in [-0.25, -0.2) is 8.42 Å². The number of hydrogen-bond acceptors (Lipinski definition) is 5. The summed E-state index contributed by atoms with van der Waals surface area (Å²) in [5.74, 6) is 0.290. The number of rotatable bonds is 15. The maximum Gasteiger partial charge on any atom is 0.264 e. The second-order valence-corrected chi connectivity index (χ2v) is 12.7. The van der Waals surface area contributed by atoms with E-state index in [1.165, 1.54) is 17.0 Å². The number of halogens is 1. The van der Waals surface area contributed by atoms with Crippen molar-refractivity contribution in [3.63, 3.8) is 0 Å². The predicted octanol–water partition coefficient (Wildman–Crippen LogP) is 7.05. The van der Waals surface area contributed by atoms with Crippen LogP contribution < -0.4 is 14.4 Å². The van der Waals surface area contributed by atoms with E-state index in [1.54, 1.807) is 66.7 Å². The minimum absolute atomic E-state index is 0.0291. The number of ether oxygens (including phenoxy) is 1. The molecule has 1 unspecified atom stereocenters. The number of hydrogen-bond donors (Lipinski definition) is 1. The van der Waals surface area contributed by atoms with Crippen LogP contribution in [-0.4, -0.2) is 44.3 Å². The van der Waals surface area contributed by atoms with Crippen LogP contribution in [0, 0.1) is 0 Å². The molecule has 2 amide bonds. The summed E-state index contributed by atoms with van der Waals surface area (Å²) in [6.45, 7) is 3.81.